The predicted octanol–water partition coefficient (Wildman–Crippen LogP) is 0.765. The van der Waals surface area contributed by atoms with Gasteiger partial charge in [0.2, 0.25) is 0 Å². The molecule has 66 valence electrons. The number of methoxy groups -OCH3 is 1. The molecule has 1 saturated heterocycles. The molecule has 1 rings (SSSR count). The van der Waals surface area contributed by atoms with Crippen LogP contribution >= 0.6 is 0 Å². The third-order valence-electron chi connectivity index (χ3n) is 2.37. The molecule has 0 radical (unpaired) electrons. The lowest BCUT2D eigenvalue weighted by Gasteiger charge is -2.15. The second-order valence-corrected chi connectivity index (χ2v) is 3.03. The summed E-state index contributed by atoms with van der Waals surface area (Å²) in [6, 6.07) is 0. The monoisotopic (exact) mass is 160 g/mol. The molecule has 0 aromatic heterocycles. The third kappa shape index (κ3) is 1.55. The Morgan fingerprint density at radius 1 is 1.55 bits per heavy atom. The highest BCUT2D eigenvalue weighted by Gasteiger charge is 2.39. The molecule has 0 saturated carbocycles. The van der Waals surface area contributed by atoms with E-state index in [1.165, 1.54) is 0 Å². The fourth-order valence-corrected chi connectivity index (χ4v) is 1.65. The van der Waals surface area contributed by atoms with Crippen molar-refractivity contribution >= 4 is 0 Å². The summed E-state index contributed by atoms with van der Waals surface area (Å²) in [5.74, 6) is 0.292. The van der Waals surface area contributed by atoms with Crippen LogP contribution in [0.25, 0.3) is 0 Å². The molecular weight excluding hydrogens is 144 g/mol. The zero-order valence-electron chi connectivity index (χ0n) is 7.28. The number of ether oxygens (including phenoxy) is 2. The number of aliphatic hydroxyl groups excluding tert-OH is 1. The van der Waals surface area contributed by atoms with Gasteiger partial charge in [-0.2, -0.15) is 0 Å². The first-order valence-corrected chi connectivity index (χ1v) is 4.07. The Hall–Kier alpha value is -0.120. The SMILES string of the molecule is CC[C@H]1O[C@H](O)[C@H](OC)[C@H]1C. The third-order valence-corrected chi connectivity index (χ3v) is 2.37. The molecular formula is C8H16O3. The van der Waals surface area contributed by atoms with Gasteiger partial charge in [-0.3, -0.25) is 0 Å². The smallest absolute Gasteiger partial charge is 0.181 e. The lowest BCUT2D eigenvalue weighted by atomic mass is 9.99. The van der Waals surface area contributed by atoms with Crippen molar-refractivity contribution in [1.29, 1.82) is 0 Å². The van der Waals surface area contributed by atoms with Gasteiger partial charge in [-0.25, -0.2) is 0 Å². The molecule has 0 aromatic carbocycles. The van der Waals surface area contributed by atoms with Crippen LogP contribution in [0.1, 0.15) is 20.3 Å². The first-order valence-electron chi connectivity index (χ1n) is 4.07. The Labute approximate surface area is 67.3 Å². The molecule has 1 fully saturated rings. The molecule has 1 aliphatic heterocycles. The van der Waals surface area contributed by atoms with E-state index in [0.29, 0.717) is 5.92 Å². The van der Waals surface area contributed by atoms with Crippen LogP contribution < -0.4 is 0 Å². The van der Waals surface area contributed by atoms with Gasteiger partial charge in [0.1, 0.15) is 6.10 Å². The van der Waals surface area contributed by atoms with Crippen molar-refractivity contribution in [2.24, 2.45) is 5.92 Å². The zero-order chi connectivity index (χ0) is 8.43. The van der Waals surface area contributed by atoms with Crippen molar-refractivity contribution in [3.63, 3.8) is 0 Å². The molecule has 1 N–H and O–H groups in total. The first-order chi connectivity index (χ1) is 5.20. The maximum absolute atomic E-state index is 9.31. The summed E-state index contributed by atoms with van der Waals surface area (Å²) in [4.78, 5) is 0. The fourth-order valence-electron chi connectivity index (χ4n) is 1.65. The van der Waals surface area contributed by atoms with Crippen molar-refractivity contribution in [2.75, 3.05) is 7.11 Å². The van der Waals surface area contributed by atoms with Gasteiger partial charge < -0.3 is 14.6 Å². The van der Waals surface area contributed by atoms with Crippen LogP contribution in [-0.4, -0.2) is 30.7 Å². The summed E-state index contributed by atoms with van der Waals surface area (Å²) in [5.41, 5.74) is 0. The molecule has 0 aliphatic carbocycles. The van der Waals surface area contributed by atoms with Gasteiger partial charge in [0.05, 0.1) is 6.10 Å². The predicted molar refractivity (Wildman–Crippen MR) is 41.1 cm³/mol. The summed E-state index contributed by atoms with van der Waals surface area (Å²) in [5, 5.41) is 9.31. The minimum Gasteiger partial charge on any atom is -0.376 e. The van der Waals surface area contributed by atoms with E-state index in [9.17, 15) is 5.11 Å². The maximum Gasteiger partial charge on any atom is 0.181 e. The molecule has 4 atom stereocenters. The molecule has 0 spiro atoms. The van der Waals surface area contributed by atoms with E-state index in [1.807, 2.05) is 13.8 Å². The molecule has 11 heavy (non-hydrogen) atoms. The zero-order valence-corrected chi connectivity index (χ0v) is 7.28. The largest absolute Gasteiger partial charge is 0.376 e. The van der Waals surface area contributed by atoms with E-state index >= 15 is 0 Å². The standard InChI is InChI=1S/C8H16O3/c1-4-6-5(2)7(10-3)8(9)11-6/h5-9H,4H2,1-3H3/t5-,6+,7+,8-/m0/s1. The summed E-state index contributed by atoms with van der Waals surface area (Å²) in [7, 11) is 1.60. The van der Waals surface area contributed by atoms with Gasteiger partial charge in [0.15, 0.2) is 6.29 Å². The highest BCUT2D eigenvalue weighted by molar-refractivity contribution is 4.82. The van der Waals surface area contributed by atoms with Crippen LogP contribution in [0.4, 0.5) is 0 Å². The van der Waals surface area contributed by atoms with Crippen LogP contribution in [0.3, 0.4) is 0 Å². The van der Waals surface area contributed by atoms with Gasteiger partial charge in [-0.05, 0) is 6.42 Å². The van der Waals surface area contributed by atoms with Crippen LogP contribution in [0.5, 0.6) is 0 Å². The highest BCUT2D eigenvalue weighted by Crippen LogP contribution is 2.28. The average Bonchev–Trinajstić information content (AvgIpc) is 2.26. The Morgan fingerprint density at radius 2 is 2.18 bits per heavy atom. The van der Waals surface area contributed by atoms with Crippen molar-refractivity contribution in [1.82, 2.24) is 0 Å². The Bertz CT molecular complexity index is 127. The van der Waals surface area contributed by atoms with Gasteiger partial charge in [0, 0.05) is 13.0 Å². The minimum absolute atomic E-state index is 0.148. The maximum atomic E-state index is 9.31. The van der Waals surface area contributed by atoms with E-state index in [2.05, 4.69) is 0 Å². The Kier molecular flexibility index (Phi) is 2.87. The molecule has 1 heterocycles. The van der Waals surface area contributed by atoms with Crippen molar-refractivity contribution in [3.8, 4) is 0 Å². The molecule has 3 heteroatoms. The van der Waals surface area contributed by atoms with E-state index in [1.54, 1.807) is 7.11 Å². The van der Waals surface area contributed by atoms with Crippen LogP contribution in [0.2, 0.25) is 0 Å². The highest BCUT2D eigenvalue weighted by atomic mass is 16.6. The molecule has 0 bridgehead atoms. The number of aliphatic hydroxyl groups is 1. The average molecular weight is 160 g/mol. The Balaban J connectivity index is 2.55. The van der Waals surface area contributed by atoms with Crippen molar-refractivity contribution in [2.45, 2.75) is 38.8 Å². The van der Waals surface area contributed by atoms with Gasteiger partial charge in [-0.1, -0.05) is 13.8 Å². The van der Waals surface area contributed by atoms with E-state index in [4.69, 9.17) is 9.47 Å². The fraction of sp³-hybridized carbons (Fsp3) is 1.00. The van der Waals surface area contributed by atoms with Crippen LogP contribution in [0.15, 0.2) is 0 Å². The van der Waals surface area contributed by atoms with E-state index < -0.39 is 6.29 Å². The summed E-state index contributed by atoms with van der Waals surface area (Å²) >= 11 is 0. The lowest BCUT2D eigenvalue weighted by Crippen LogP contribution is -2.27. The lowest BCUT2D eigenvalue weighted by molar-refractivity contribution is -0.134. The molecule has 0 aromatic rings. The molecule has 3 nitrogen and oxygen atoms in total. The molecule has 1 aliphatic rings. The van der Waals surface area contributed by atoms with Crippen molar-refractivity contribution < 1.29 is 14.6 Å². The first kappa shape index (κ1) is 8.97. The second kappa shape index (κ2) is 3.52. The second-order valence-electron chi connectivity index (χ2n) is 3.03. The summed E-state index contributed by atoms with van der Waals surface area (Å²) in [6.45, 7) is 4.09. The van der Waals surface area contributed by atoms with Gasteiger partial charge >= 0.3 is 0 Å². The summed E-state index contributed by atoms with van der Waals surface area (Å²) in [6.07, 6.45) is 0.188. The number of rotatable bonds is 2. The Morgan fingerprint density at radius 3 is 2.45 bits per heavy atom. The van der Waals surface area contributed by atoms with E-state index in [0.717, 1.165) is 6.42 Å². The van der Waals surface area contributed by atoms with Crippen LogP contribution in [0, 0.1) is 5.92 Å². The summed E-state index contributed by atoms with van der Waals surface area (Å²) < 4.78 is 10.3. The number of hydrogen-bond donors (Lipinski definition) is 1. The topological polar surface area (TPSA) is 38.7 Å². The van der Waals surface area contributed by atoms with Crippen molar-refractivity contribution in [3.05, 3.63) is 0 Å². The molecule has 0 amide bonds. The van der Waals surface area contributed by atoms with Crippen LogP contribution in [-0.2, 0) is 9.47 Å². The normalized spacial score (nSPS) is 44.7. The van der Waals surface area contributed by atoms with E-state index in [-0.39, 0.29) is 12.2 Å². The molecule has 0 unspecified atom stereocenters. The van der Waals surface area contributed by atoms with Gasteiger partial charge in [-0.15, -0.1) is 0 Å². The number of hydrogen-bond acceptors (Lipinski definition) is 3. The quantitative estimate of drug-likeness (QED) is 0.648. The van der Waals surface area contributed by atoms with Gasteiger partial charge in [0.25, 0.3) is 0 Å². The minimum atomic E-state index is -0.736.